The Balaban J connectivity index is 1.32. The van der Waals surface area contributed by atoms with Gasteiger partial charge in [-0.15, -0.1) is 0 Å². The number of rotatable bonds is 4. The van der Waals surface area contributed by atoms with Crippen molar-refractivity contribution in [1.29, 1.82) is 0 Å². The fraction of sp³-hybridized carbons (Fsp3) is 0.348. The molecule has 1 atom stereocenters. The van der Waals surface area contributed by atoms with Crippen molar-refractivity contribution in [1.82, 2.24) is 14.5 Å². The zero-order valence-corrected chi connectivity index (χ0v) is 20.1. The van der Waals surface area contributed by atoms with Gasteiger partial charge in [0.05, 0.1) is 10.7 Å². The Morgan fingerprint density at radius 2 is 1.74 bits per heavy atom. The average Bonchev–Trinajstić information content (AvgIpc) is 3.14. The van der Waals surface area contributed by atoms with Crippen LogP contribution in [-0.2, 0) is 26.2 Å². The Labute approximate surface area is 206 Å². The highest BCUT2D eigenvalue weighted by Crippen LogP contribution is 2.33. The van der Waals surface area contributed by atoms with Gasteiger partial charge in [0.2, 0.25) is 21.8 Å². The number of anilines is 1. The molecule has 2 aromatic carbocycles. The number of hydrogen-bond acceptors (Lipinski definition) is 6. The number of sulfonamides is 1. The zero-order chi connectivity index (χ0) is 24.9. The molecule has 3 heterocycles. The molecular weight excluding hydrogens is 499 g/mol. The van der Waals surface area contributed by atoms with Gasteiger partial charge >= 0.3 is 0 Å². The minimum Gasteiger partial charge on any atom is -0.367 e. The maximum Gasteiger partial charge on any atom is 0.255 e. The van der Waals surface area contributed by atoms with Crippen LogP contribution in [0.2, 0.25) is 5.02 Å². The van der Waals surface area contributed by atoms with Crippen LogP contribution >= 0.6 is 11.6 Å². The molecule has 184 valence electrons. The van der Waals surface area contributed by atoms with Crippen molar-refractivity contribution >= 4 is 45.0 Å². The second-order valence-electron chi connectivity index (χ2n) is 8.68. The van der Waals surface area contributed by atoms with E-state index in [-0.39, 0.29) is 72.6 Å². The van der Waals surface area contributed by atoms with E-state index in [1.165, 1.54) is 27.4 Å². The molecule has 1 unspecified atom stereocenters. The predicted molar refractivity (Wildman–Crippen MR) is 125 cm³/mol. The Morgan fingerprint density at radius 3 is 2.43 bits per heavy atom. The van der Waals surface area contributed by atoms with Crippen LogP contribution in [0.15, 0.2) is 41.3 Å². The second kappa shape index (κ2) is 8.89. The summed E-state index contributed by atoms with van der Waals surface area (Å²) in [5.41, 5.74) is 1.05. The maximum absolute atomic E-state index is 15.1. The minimum absolute atomic E-state index is 0.0332. The van der Waals surface area contributed by atoms with Gasteiger partial charge < -0.3 is 9.80 Å². The summed E-state index contributed by atoms with van der Waals surface area (Å²) < 4.78 is 42.4. The fourth-order valence-electron chi connectivity index (χ4n) is 4.78. The van der Waals surface area contributed by atoms with Crippen molar-refractivity contribution < 1.29 is 27.2 Å². The van der Waals surface area contributed by atoms with Crippen LogP contribution in [0.1, 0.15) is 28.8 Å². The van der Waals surface area contributed by atoms with E-state index < -0.39 is 33.7 Å². The molecule has 2 aromatic rings. The van der Waals surface area contributed by atoms with Gasteiger partial charge in [0, 0.05) is 44.7 Å². The fourth-order valence-corrected chi connectivity index (χ4v) is 6.70. The third-order valence-electron chi connectivity index (χ3n) is 6.62. The van der Waals surface area contributed by atoms with Crippen LogP contribution < -0.4 is 10.2 Å². The number of piperazine rings is 1. The van der Waals surface area contributed by atoms with Crippen molar-refractivity contribution in [2.75, 3.05) is 31.1 Å². The van der Waals surface area contributed by atoms with E-state index in [1.807, 2.05) is 0 Å². The van der Waals surface area contributed by atoms with Gasteiger partial charge in [-0.3, -0.25) is 19.7 Å². The third kappa shape index (κ3) is 4.17. The molecule has 9 nitrogen and oxygen atoms in total. The van der Waals surface area contributed by atoms with E-state index in [0.29, 0.717) is 5.56 Å². The predicted octanol–water partition coefficient (Wildman–Crippen LogP) is 1.75. The molecule has 12 heteroatoms. The lowest BCUT2D eigenvalue weighted by Gasteiger charge is -2.35. The minimum atomic E-state index is -3.79. The van der Waals surface area contributed by atoms with E-state index in [1.54, 1.807) is 23.1 Å². The first-order chi connectivity index (χ1) is 16.7. The van der Waals surface area contributed by atoms with Crippen molar-refractivity contribution in [2.45, 2.75) is 30.3 Å². The number of hydrogen-bond donors (Lipinski definition) is 1. The highest BCUT2D eigenvalue weighted by molar-refractivity contribution is 7.89. The molecule has 0 saturated carbocycles. The molecule has 35 heavy (non-hydrogen) atoms. The molecule has 0 radical (unpaired) electrons. The first-order valence-electron chi connectivity index (χ1n) is 11.1. The maximum atomic E-state index is 15.1. The summed E-state index contributed by atoms with van der Waals surface area (Å²) in [6, 6.07) is 8.21. The number of nitrogens with one attached hydrogen (secondary N) is 1. The van der Waals surface area contributed by atoms with Gasteiger partial charge in [-0.05, 0) is 36.2 Å². The number of benzene rings is 2. The van der Waals surface area contributed by atoms with Crippen LogP contribution in [-0.4, -0.2) is 67.6 Å². The molecule has 0 bridgehead atoms. The van der Waals surface area contributed by atoms with Crippen molar-refractivity contribution in [3.63, 3.8) is 0 Å². The zero-order valence-electron chi connectivity index (χ0n) is 18.5. The molecule has 5 rings (SSSR count). The molecule has 2 saturated heterocycles. The van der Waals surface area contributed by atoms with Crippen molar-refractivity contribution in [2.24, 2.45) is 0 Å². The Hall–Kier alpha value is -3.02. The van der Waals surface area contributed by atoms with Crippen LogP contribution in [0.4, 0.5) is 10.1 Å². The summed E-state index contributed by atoms with van der Waals surface area (Å²) in [6.45, 7) is 0.930. The number of piperidine rings is 1. The molecule has 3 amide bonds. The topological polar surface area (TPSA) is 107 Å². The van der Waals surface area contributed by atoms with E-state index in [2.05, 4.69) is 5.32 Å². The lowest BCUT2D eigenvalue weighted by molar-refractivity contribution is -0.136. The number of fused-ring (bicyclic) bond motifs is 1. The highest BCUT2D eigenvalue weighted by Gasteiger charge is 2.40. The molecule has 0 spiro atoms. The van der Waals surface area contributed by atoms with E-state index >= 15 is 4.39 Å². The highest BCUT2D eigenvalue weighted by atomic mass is 35.5. The van der Waals surface area contributed by atoms with Gasteiger partial charge in [0.1, 0.15) is 16.8 Å². The molecule has 3 aliphatic heterocycles. The number of carbonyl (C=O) groups excluding carboxylic acids is 3. The number of carbonyl (C=O) groups is 3. The summed E-state index contributed by atoms with van der Waals surface area (Å²) in [4.78, 5) is 39.7. The van der Waals surface area contributed by atoms with Crippen LogP contribution in [0.5, 0.6) is 0 Å². The summed E-state index contributed by atoms with van der Waals surface area (Å²) in [6.07, 6.45) is 0.360. The average molecular weight is 521 g/mol. The molecular formula is C23H22ClFN4O5S. The Morgan fingerprint density at radius 1 is 1.03 bits per heavy atom. The van der Waals surface area contributed by atoms with Gasteiger partial charge in [-0.25, -0.2) is 12.8 Å². The first-order valence-corrected chi connectivity index (χ1v) is 13.0. The van der Waals surface area contributed by atoms with Gasteiger partial charge in [-0.2, -0.15) is 4.31 Å². The molecule has 0 aliphatic carbocycles. The summed E-state index contributed by atoms with van der Waals surface area (Å²) in [5, 5.41) is 2.39. The van der Waals surface area contributed by atoms with Crippen molar-refractivity contribution in [3.05, 3.63) is 58.4 Å². The van der Waals surface area contributed by atoms with Gasteiger partial charge in [0.15, 0.2) is 0 Å². The molecule has 3 aliphatic rings. The van der Waals surface area contributed by atoms with Gasteiger partial charge in [0.25, 0.3) is 5.91 Å². The molecule has 0 aromatic heterocycles. The smallest absolute Gasteiger partial charge is 0.255 e. The van der Waals surface area contributed by atoms with Crippen LogP contribution in [0, 0.1) is 5.82 Å². The van der Waals surface area contributed by atoms with E-state index in [4.69, 9.17) is 11.6 Å². The number of nitrogens with zero attached hydrogens (tertiary/aromatic N) is 3. The molecule has 2 fully saturated rings. The lowest BCUT2D eigenvalue weighted by atomic mass is 10.0. The second-order valence-corrected chi connectivity index (χ2v) is 11.0. The Bertz CT molecular complexity index is 1340. The number of amides is 3. The molecule has 1 N–H and O–H groups in total. The van der Waals surface area contributed by atoms with Gasteiger partial charge in [-0.1, -0.05) is 23.7 Å². The monoisotopic (exact) mass is 520 g/mol. The Kier molecular flexibility index (Phi) is 6.02. The van der Waals surface area contributed by atoms with E-state index in [9.17, 15) is 22.8 Å². The summed E-state index contributed by atoms with van der Waals surface area (Å²) >= 11 is 6.08. The SMILES string of the molecule is O=C1CCC(N2Cc3cc(N4CCN(S(=O)(=O)c5ccccc5Cl)CC4)c(F)cc3C2=O)C(=O)N1. The van der Waals surface area contributed by atoms with Crippen molar-refractivity contribution in [3.8, 4) is 0 Å². The van der Waals surface area contributed by atoms with Crippen LogP contribution in [0.25, 0.3) is 0 Å². The number of imide groups is 1. The summed E-state index contributed by atoms with van der Waals surface area (Å²) in [5.74, 6) is -1.95. The quantitative estimate of drug-likeness (QED) is 0.616. The number of halogens is 2. The largest absolute Gasteiger partial charge is 0.367 e. The van der Waals surface area contributed by atoms with E-state index in [0.717, 1.165) is 0 Å². The summed E-state index contributed by atoms with van der Waals surface area (Å²) in [7, 11) is -3.79. The normalized spacial score (nSPS) is 21.3. The first kappa shape index (κ1) is 23.7. The standard InChI is InChI=1S/C23H22ClFN4O5S/c24-16-3-1-2-4-20(16)35(33,34)28-9-7-27(8-10-28)19-11-14-13-29(23(32)15(14)12-17(19)25)18-5-6-21(30)26-22(18)31/h1-4,11-12,18H,5-10,13H2,(H,26,30,31). The van der Waals surface area contributed by atoms with Crippen LogP contribution in [0.3, 0.4) is 0 Å². The lowest BCUT2D eigenvalue weighted by Crippen LogP contribution is -2.52. The third-order valence-corrected chi connectivity index (χ3v) is 9.02.